The summed E-state index contributed by atoms with van der Waals surface area (Å²) in [5.74, 6) is 0.932. The number of nitrogens with zero attached hydrogens (tertiary/aromatic N) is 3. The average Bonchev–Trinajstić information content (AvgIpc) is 3.28. The van der Waals surface area contributed by atoms with E-state index in [0.29, 0.717) is 0 Å². The minimum Gasteiger partial charge on any atom is -0.342 e. The van der Waals surface area contributed by atoms with Crippen LogP contribution >= 0.6 is 23.2 Å². The van der Waals surface area contributed by atoms with Gasteiger partial charge in [-0.05, 0) is 37.1 Å². The van der Waals surface area contributed by atoms with Crippen LogP contribution in [0.15, 0.2) is 78.9 Å². The number of halogens is 2. The first-order valence-corrected chi connectivity index (χ1v) is 12.9. The smallest absolute Gasteiger partial charge is 0.137 e. The number of nitrogens with one attached hydrogen (secondary N) is 1. The molecule has 1 N–H and O–H groups in total. The lowest BCUT2D eigenvalue weighted by Crippen LogP contribution is -2.48. The molecule has 4 aromatic rings. The quantitative estimate of drug-likeness (QED) is 0.302. The van der Waals surface area contributed by atoms with Crippen molar-refractivity contribution in [1.82, 2.24) is 19.8 Å². The van der Waals surface area contributed by atoms with Crippen LogP contribution in [0.5, 0.6) is 0 Å². The zero-order chi connectivity index (χ0) is 24.4. The molecule has 0 radical (unpaired) electrons. The standard InChI is InChI=1S/C29H30Cl2N4/c1-20-27(33-29(32-20)22-10-4-3-5-11-22)21(2)34-16-18-35(19-17-34)28(23-12-6-8-14-25(23)30)24-13-7-9-15-26(24)31/h3-15,21,28H,16-19H2,1-2H3,(H,32,33). The van der Waals surface area contributed by atoms with Crippen LogP contribution < -0.4 is 0 Å². The summed E-state index contributed by atoms with van der Waals surface area (Å²) in [4.78, 5) is 13.5. The summed E-state index contributed by atoms with van der Waals surface area (Å²) in [5, 5.41) is 1.54. The van der Waals surface area contributed by atoms with Gasteiger partial charge >= 0.3 is 0 Å². The molecule has 6 heteroatoms. The lowest BCUT2D eigenvalue weighted by Gasteiger charge is -2.42. The Labute approximate surface area is 217 Å². The van der Waals surface area contributed by atoms with Crippen molar-refractivity contribution in [2.75, 3.05) is 26.2 Å². The molecule has 0 amide bonds. The lowest BCUT2D eigenvalue weighted by molar-refractivity contribution is 0.0826. The Morgan fingerprint density at radius 3 is 1.83 bits per heavy atom. The number of aromatic nitrogens is 2. The highest BCUT2D eigenvalue weighted by Crippen LogP contribution is 2.38. The Morgan fingerprint density at radius 1 is 0.743 bits per heavy atom. The van der Waals surface area contributed by atoms with Crippen molar-refractivity contribution >= 4 is 23.2 Å². The van der Waals surface area contributed by atoms with Gasteiger partial charge in [-0.3, -0.25) is 9.80 Å². The second-order valence-electron chi connectivity index (χ2n) is 9.16. The zero-order valence-corrected chi connectivity index (χ0v) is 21.6. The van der Waals surface area contributed by atoms with Gasteiger partial charge in [0.15, 0.2) is 0 Å². The van der Waals surface area contributed by atoms with Crippen LogP contribution in [0.4, 0.5) is 0 Å². The first-order valence-electron chi connectivity index (χ1n) is 12.1. The van der Waals surface area contributed by atoms with Crippen LogP contribution in [0, 0.1) is 6.92 Å². The van der Waals surface area contributed by atoms with E-state index >= 15 is 0 Å². The highest BCUT2D eigenvalue weighted by Gasteiger charge is 2.31. The fourth-order valence-electron chi connectivity index (χ4n) is 5.12. The molecule has 1 aliphatic rings. The van der Waals surface area contributed by atoms with Gasteiger partial charge in [-0.15, -0.1) is 0 Å². The monoisotopic (exact) mass is 504 g/mol. The Bertz CT molecular complexity index is 1230. The van der Waals surface area contributed by atoms with E-state index in [-0.39, 0.29) is 12.1 Å². The van der Waals surface area contributed by atoms with E-state index in [1.807, 2.05) is 54.6 Å². The van der Waals surface area contributed by atoms with Crippen molar-refractivity contribution < 1.29 is 0 Å². The molecule has 180 valence electrons. The largest absolute Gasteiger partial charge is 0.342 e. The van der Waals surface area contributed by atoms with E-state index in [4.69, 9.17) is 28.2 Å². The molecule has 0 aliphatic carbocycles. The maximum atomic E-state index is 6.68. The van der Waals surface area contributed by atoms with Gasteiger partial charge in [-0.25, -0.2) is 4.98 Å². The Balaban J connectivity index is 1.36. The predicted molar refractivity (Wildman–Crippen MR) is 145 cm³/mol. The minimum atomic E-state index is 0.0201. The van der Waals surface area contributed by atoms with Crippen LogP contribution in [-0.4, -0.2) is 45.9 Å². The van der Waals surface area contributed by atoms with E-state index in [1.165, 1.54) is 0 Å². The minimum absolute atomic E-state index is 0.0201. The number of aromatic amines is 1. The summed E-state index contributed by atoms with van der Waals surface area (Å²) >= 11 is 13.4. The summed E-state index contributed by atoms with van der Waals surface area (Å²) in [7, 11) is 0. The number of hydrogen-bond donors (Lipinski definition) is 1. The zero-order valence-electron chi connectivity index (χ0n) is 20.1. The van der Waals surface area contributed by atoms with Crippen molar-refractivity contribution in [3.8, 4) is 11.4 Å². The summed E-state index contributed by atoms with van der Waals surface area (Å²) < 4.78 is 0. The number of imidazole rings is 1. The molecule has 2 heterocycles. The van der Waals surface area contributed by atoms with E-state index in [1.54, 1.807) is 0 Å². The van der Waals surface area contributed by atoms with Crippen LogP contribution in [0.1, 0.15) is 41.5 Å². The van der Waals surface area contributed by atoms with Gasteiger partial charge in [0.05, 0.1) is 17.8 Å². The van der Waals surface area contributed by atoms with Gasteiger partial charge in [0, 0.05) is 47.5 Å². The number of rotatable bonds is 6. The summed E-state index contributed by atoms with van der Waals surface area (Å²) in [6, 6.07) is 26.8. The van der Waals surface area contributed by atoms with Gasteiger partial charge in [0.1, 0.15) is 5.82 Å². The molecule has 35 heavy (non-hydrogen) atoms. The molecule has 5 rings (SSSR count). The molecular formula is C29H30Cl2N4. The molecule has 0 bridgehead atoms. The molecule has 1 fully saturated rings. The van der Waals surface area contributed by atoms with Crippen LogP contribution in [0.25, 0.3) is 11.4 Å². The van der Waals surface area contributed by atoms with Crippen LogP contribution in [-0.2, 0) is 0 Å². The molecule has 0 saturated carbocycles. The van der Waals surface area contributed by atoms with Gasteiger partial charge in [0.2, 0.25) is 0 Å². The molecule has 1 unspecified atom stereocenters. The highest BCUT2D eigenvalue weighted by molar-refractivity contribution is 6.32. The molecule has 3 aromatic carbocycles. The number of piperazine rings is 1. The Morgan fingerprint density at radius 2 is 1.26 bits per heavy atom. The molecule has 1 saturated heterocycles. The van der Waals surface area contributed by atoms with Crippen LogP contribution in [0.3, 0.4) is 0 Å². The second kappa shape index (κ2) is 10.5. The third-order valence-electron chi connectivity index (χ3n) is 7.03. The van der Waals surface area contributed by atoms with Gasteiger partial charge in [0.25, 0.3) is 0 Å². The van der Waals surface area contributed by atoms with E-state index in [0.717, 1.165) is 70.1 Å². The number of H-pyrrole nitrogens is 1. The fourth-order valence-corrected chi connectivity index (χ4v) is 5.60. The average molecular weight is 505 g/mol. The summed E-state index contributed by atoms with van der Waals surface area (Å²) in [6.07, 6.45) is 0. The molecular weight excluding hydrogens is 475 g/mol. The highest BCUT2D eigenvalue weighted by atomic mass is 35.5. The molecule has 4 nitrogen and oxygen atoms in total. The maximum Gasteiger partial charge on any atom is 0.137 e. The number of hydrogen-bond acceptors (Lipinski definition) is 3. The molecule has 0 spiro atoms. The van der Waals surface area contributed by atoms with Crippen molar-refractivity contribution in [2.24, 2.45) is 0 Å². The van der Waals surface area contributed by atoms with Crippen molar-refractivity contribution in [3.63, 3.8) is 0 Å². The summed E-state index contributed by atoms with van der Waals surface area (Å²) in [6.45, 7) is 8.10. The number of aryl methyl sites for hydroxylation is 1. The van der Waals surface area contributed by atoms with Gasteiger partial charge in [-0.1, -0.05) is 89.9 Å². The van der Waals surface area contributed by atoms with Gasteiger partial charge in [-0.2, -0.15) is 0 Å². The lowest BCUT2D eigenvalue weighted by atomic mass is 9.96. The molecule has 1 atom stereocenters. The normalized spacial score (nSPS) is 16.0. The molecule has 1 aliphatic heterocycles. The Hall–Kier alpha value is -2.63. The van der Waals surface area contributed by atoms with Crippen LogP contribution in [0.2, 0.25) is 10.0 Å². The van der Waals surface area contributed by atoms with E-state index < -0.39 is 0 Å². The maximum absolute atomic E-state index is 6.68. The van der Waals surface area contributed by atoms with Crippen molar-refractivity contribution in [1.29, 1.82) is 0 Å². The van der Waals surface area contributed by atoms with E-state index in [9.17, 15) is 0 Å². The third kappa shape index (κ3) is 5.03. The topological polar surface area (TPSA) is 35.2 Å². The number of benzene rings is 3. The Kier molecular flexibility index (Phi) is 7.26. The first-order chi connectivity index (χ1) is 17.0. The van der Waals surface area contributed by atoms with Gasteiger partial charge < -0.3 is 4.98 Å². The first kappa shape index (κ1) is 24.1. The predicted octanol–water partition coefficient (Wildman–Crippen LogP) is 7.16. The fraction of sp³-hybridized carbons (Fsp3) is 0.276. The second-order valence-corrected chi connectivity index (χ2v) is 9.97. The van der Waals surface area contributed by atoms with E-state index in [2.05, 4.69) is 52.9 Å². The SMILES string of the molecule is Cc1[nH]c(-c2ccccc2)nc1C(C)N1CCN(C(c2ccccc2Cl)c2ccccc2Cl)CC1. The molecule has 1 aromatic heterocycles. The van der Waals surface area contributed by atoms with Crippen molar-refractivity contribution in [2.45, 2.75) is 25.9 Å². The van der Waals surface area contributed by atoms with Crippen molar-refractivity contribution in [3.05, 3.63) is 111 Å². The third-order valence-corrected chi connectivity index (χ3v) is 7.72. The summed E-state index contributed by atoms with van der Waals surface area (Å²) in [5.41, 5.74) is 5.55.